The smallest absolute Gasteiger partial charge is 0.340 e. The highest BCUT2D eigenvalue weighted by Gasteiger charge is 2.43. The Bertz CT molecular complexity index is 2250. The Hall–Kier alpha value is -4.92. The van der Waals surface area contributed by atoms with Gasteiger partial charge in [-0.3, -0.25) is 14.2 Å². The number of ether oxygens (including phenoxy) is 4. The van der Waals surface area contributed by atoms with E-state index in [1.165, 1.54) is 95.1 Å². The lowest BCUT2D eigenvalue weighted by molar-refractivity contribution is -0.900. The van der Waals surface area contributed by atoms with E-state index >= 15 is 0 Å². The second-order valence-electron chi connectivity index (χ2n) is 16.1. The van der Waals surface area contributed by atoms with Gasteiger partial charge in [0.2, 0.25) is 0 Å². The topological polar surface area (TPSA) is 144 Å². The average molecular weight is 923 g/mol. The Morgan fingerprint density at radius 3 is 1.71 bits per heavy atom. The van der Waals surface area contributed by atoms with Crippen molar-refractivity contribution < 1.29 is 42.6 Å². The summed E-state index contributed by atoms with van der Waals surface area (Å²) in [7, 11) is 1.88. The molecule has 66 heavy (non-hydrogen) atoms. The van der Waals surface area contributed by atoms with E-state index in [0.717, 1.165) is 16.7 Å². The van der Waals surface area contributed by atoms with Crippen molar-refractivity contribution >= 4 is 22.9 Å². The van der Waals surface area contributed by atoms with Gasteiger partial charge in [0.15, 0.2) is 0 Å². The molecule has 0 spiro atoms. The third kappa shape index (κ3) is 13.6. The largest absolute Gasteiger partial charge is 0.786 e. The van der Waals surface area contributed by atoms with Crippen LogP contribution in [0.4, 0.5) is 0 Å². The molecule has 15 heteroatoms. The molecule has 1 N–H and O–H groups in total. The van der Waals surface area contributed by atoms with E-state index in [4.69, 9.17) is 28.0 Å². The number of aromatic nitrogens is 2. The van der Waals surface area contributed by atoms with Crippen molar-refractivity contribution in [2.24, 2.45) is 0 Å². The predicted octanol–water partition coefficient (Wildman–Crippen LogP) is 6.83. The Balaban J connectivity index is 0.000000593. The van der Waals surface area contributed by atoms with Gasteiger partial charge in [-0.15, -0.1) is 0 Å². The van der Waals surface area contributed by atoms with Gasteiger partial charge in [-0.05, 0) is 79.3 Å². The van der Waals surface area contributed by atoms with Crippen LogP contribution >= 0.6 is 8.60 Å². The number of hydrogen-bond acceptors (Lipinski definition) is 10. The summed E-state index contributed by atoms with van der Waals surface area (Å²) in [6.07, 6.45) is 6.85. The van der Waals surface area contributed by atoms with Gasteiger partial charge in [0.05, 0.1) is 55.2 Å². The molecular weight excluding hydrogens is 856 g/mol. The Morgan fingerprint density at radius 2 is 1.24 bits per heavy atom. The molecule has 2 heterocycles. The van der Waals surface area contributed by atoms with Crippen LogP contribution in [0.1, 0.15) is 105 Å². The maximum Gasteiger partial charge on any atom is 0.340 e. The molecule has 5 aromatic rings. The first-order valence-corrected chi connectivity index (χ1v) is 23.7. The molecule has 1 saturated heterocycles. The van der Waals surface area contributed by atoms with Crippen molar-refractivity contribution in [3.05, 3.63) is 164 Å². The van der Waals surface area contributed by atoms with E-state index in [-0.39, 0.29) is 32.6 Å². The first kappa shape index (κ1) is 53.7. The number of carbonyl (C=O) groups is 1. The van der Waals surface area contributed by atoms with E-state index in [1.807, 2.05) is 83.8 Å². The lowest BCUT2D eigenvalue weighted by Crippen LogP contribution is -3.12. The Kier molecular flexibility index (Phi) is 22.0. The standard InChI is InChI=1S/C39H38N2O10P.C12H27N.B/c1-26-24-40(38(44)41(36(26)42)37(43)27-11-7-5-8-12-27)35-23-33(51-52(45)48-4)34(50-35)25-49-39(28-13-9-6-10-14-28,29-15-19-31(46-2)20-16-29)30-17-21-32(47-3)22-18-30;1-4-7-10-13(11-8-5-2)12-9-6-3;/h5-22,24,33-35H,23,25H2,1-4H3;4-12H2,1-3H3;/q-1;;/p+1/t33-,34+,35+,52?;;/m0../s1. The van der Waals surface area contributed by atoms with Crippen LogP contribution in [-0.4, -0.2) is 83.2 Å². The number of aryl methyl sites for hydroxylation is 1. The molecule has 6 rings (SSSR count). The highest BCUT2D eigenvalue weighted by molar-refractivity contribution is 7.39. The molecule has 0 bridgehead atoms. The summed E-state index contributed by atoms with van der Waals surface area (Å²) in [5, 5.41) is 0. The zero-order valence-corrected chi connectivity index (χ0v) is 40.4. The van der Waals surface area contributed by atoms with Gasteiger partial charge in [-0.2, -0.15) is 4.57 Å². The number of carbonyl (C=O) groups excluding carboxylic acids is 1. The molecule has 4 aromatic carbocycles. The van der Waals surface area contributed by atoms with Crippen LogP contribution in [0.25, 0.3) is 0 Å². The number of rotatable bonds is 22. The monoisotopic (exact) mass is 922 g/mol. The highest BCUT2D eigenvalue weighted by atomic mass is 31.2. The lowest BCUT2D eigenvalue weighted by atomic mass is 9.80. The molecule has 1 aliphatic rings. The molecule has 4 atom stereocenters. The fourth-order valence-electron chi connectivity index (χ4n) is 8.02. The maximum absolute atomic E-state index is 13.9. The number of quaternary nitrogens is 1. The molecule has 1 aromatic heterocycles. The fraction of sp³-hybridized carbons (Fsp3) is 0.431. The van der Waals surface area contributed by atoms with Crippen LogP contribution < -0.4 is 30.5 Å². The fourth-order valence-corrected chi connectivity index (χ4v) is 8.54. The molecule has 1 unspecified atom stereocenters. The van der Waals surface area contributed by atoms with Gasteiger partial charge in [0.1, 0.15) is 29.4 Å². The zero-order chi connectivity index (χ0) is 46.8. The number of benzene rings is 4. The summed E-state index contributed by atoms with van der Waals surface area (Å²) in [5.41, 5.74) is -0.164. The van der Waals surface area contributed by atoms with Gasteiger partial charge >= 0.3 is 5.69 Å². The Morgan fingerprint density at radius 1 is 0.758 bits per heavy atom. The normalized spacial score (nSPS) is 16.2. The molecule has 1 aliphatic heterocycles. The van der Waals surface area contributed by atoms with Gasteiger partial charge in [-0.1, -0.05) is 113 Å². The molecule has 0 aliphatic carbocycles. The summed E-state index contributed by atoms with van der Waals surface area (Å²) in [4.78, 5) is 54.9. The van der Waals surface area contributed by atoms with Crippen LogP contribution in [0.3, 0.4) is 0 Å². The predicted molar refractivity (Wildman–Crippen MR) is 258 cm³/mol. The van der Waals surface area contributed by atoms with Crippen LogP contribution in [-0.2, 0) is 24.1 Å². The summed E-state index contributed by atoms with van der Waals surface area (Å²) in [6, 6.07) is 32.8. The van der Waals surface area contributed by atoms with E-state index in [1.54, 1.807) is 32.4 Å². The second kappa shape index (κ2) is 27.0. The van der Waals surface area contributed by atoms with Crippen LogP contribution in [0.5, 0.6) is 11.5 Å². The number of methoxy groups -OCH3 is 2. The van der Waals surface area contributed by atoms with Crippen molar-refractivity contribution in [2.45, 2.75) is 96.7 Å². The summed E-state index contributed by atoms with van der Waals surface area (Å²) in [6.45, 7) is 12.5. The first-order chi connectivity index (χ1) is 31.5. The quantitative estimate of drug-likeness (QED) is 0.0446. The van der Waals surface area contributed by atoms with Crippen LogP contribution in [0, 0.1) is 6.92 Å². The molecular formula is C51H66BN3O10P. The zero-order valence-electron chi connectivity index (χ0n) is 39.5. The molecule has 3 radical (unpaired) electrons. The van der Waals surface area contributed by atoms with Crippen molar-refractivity contribution in [3.63, 3.8) is 0 Å². The van der Waals surface area contributed by atoms with Crippen molar-refractivity contribution in [2.75, 3.05) is 47.6 Å². The summed E-state index contributed by atoms with van der Waals surface area (Å²) >= 11 is 0. The number of nitrogens with zero attached hydrogens (tertiary/aromatic N) is 2. The minimum Gasteiger partial charge on any atom is -0.786 e. The van der Waals surface area contributed by atoms with Crippen molar-refractivity contribution in [1.82, 2.24) is 9.13 Å². The third-order valence-electron chi connectivity index (χ3n) is 11.7. The molecule has 13 nitrogen and oxygen atoms in total. The van der Waals surface area contributed by atoms with Gasteiger partial charge in [-0.25, -0.2) is 4.79 Å². The SMILES string of the molecule is CCCC[NH+](CCCC)CCCC.COc1ccc(C(OC[C@H]2O[C@@H](n3cc(C)c(=O)n(C(=O)c4ccccc4)c3=O)C[C@@H]2OP([O-])OC)(c2ccccc2)c2ccc(OC)cc2)cc1.[B]. The number of unbranched alkanes of at least 4 members (excludes halogenated alkanes) is 3. The van der Waals surface area contributed by atoms with E-state index in [9.17, 15) is 19.3 Å². The summed E-state index contributed by atoms with van der Waals surface area (Å²) in [5.74, 6) is 0.548. The maximum atomic E-state index is 13.9. The average Bonchev–Trinajstić information content (AvgIpc) is 3.75. The van der Waals surface area contributed by atoms with Gasteiger partial charge in [0.25, 0.3) is 11.5 Å². The molecule has 353 valence electrons. The van der Waals surface area contributed by atoms with Crippen molar-refractivity contribution in [1.29, 1.82) is 0 Å². The lowest BCUT2D eigenvalue weighted by Gasteiger charge is -2.37. The van der Waals surface area contributed by atoms with E-state index < -0.39 is 49.8 Å². The molecule has 1 fully saturated rings. The molecule has 0 amide bonds. The van der Waals surface area contributed by atoms with Crippen LogP contribution in [0.2, 0.25) is 0 Å². The van der Waals surface area contributed by atoms with Crippen molar-refractivity contribution in [3.8, 4) is 11.5 Å². The second-order valence-corrected chi connectivity index (χ2v) is 17.1. The minimum atomic E-state index is -2.56. The highest BCUT2D eigenvalue weighted by Crippen LogP contribution is 2.44. The summed E-state index contributed by atoms with van der Waals surface area (Å²) < 4.78 is 36.9. The first-order valence-electron chi connectivity index (χ1n) is 22.6. The van der Waals surface area contributed by atoms with Gasteiger partial charge in [0, 0.05) is 39.3 Å². The third-order valence-corrected chi connectivity index (χ3v) is 12.4. The van der Waals surface area contributed by atoms with E-state index in [2.05, 4.69) is 20.8 Å². The number of nitrogens with one attached hydrogen (secondary N) is 1. The number of hydrogen-bond donors (Lipinski definition) is 1. The van der Waals surface area contributed by atoms with Crippen LogP contribution in [0.15, 0.2) is 125 Å². The Labute approximate surface area is 393 Å². The van der Waals surface area contributed by atoms with Gasteiger partial charge < -0.3 is 37.8 Å². The van der Waals surface area contributed by atoms with E-state index in [0.29, 0.717) is 16.1 Å². The molecule has 0 saturated carbocycles. The minimum absolute atomic E-state index is 0.